The normalized spacial score (nSPS) is 11.0. The minimum absolute atomic E-state index is 0.144. The molecule has 0 aliphatic heterocycles. The molecule has 39 heavy (non-hydrogen) atoms. The van der Waals surface area contributed by atoms with E-state index in [2.05, 4.69) is 54.1 Å². The van der Waals surface area contributed by atoms with Gasteiger partial charge in [-0.05, 0) is 73.4 Å². The van der Waals surface area contributed by atoms with Gasteiger partial charge in [0.25, 0.3) is 5.91 Å². The summed E-state index contributed by atoms with van der Waals surface area (Å²) in [6.45, 7) is 9.29. The lowest BCUT2D eigenvalue weighted by Gasteiger charge is -2.13. The second kappa shape index (κ2) is 11.4. The molecule has 5 rings (SSSR count). The molecule has 0 aliphatic carbocycles. The van der Waals surface area contributed by atoms with E-state index in [-0.39, 0.29) is 5.91 Å². The number of para-hydroxylation sites is 2. The smallest absolute Gasteiger partial charge is 0.255 e. The molecule has 0 atom stereocenters. The van der Waals surface area contributed by atoms with Gasteiger partial charge in [-0.15, -0.1) is 0 Å². The lowest BCUT2D eigenvalue weighted by molar-refractivity contribution is 0.102. The zero-order chi connectivity index (χ0) is 27.4. The quantitative estimate of drug-likeness (QED) is 0.195. The van der Waals surface area contributed by atoms with Gasteiger partial charge in [-0.1, -0.05) is 62.4 Å². The number of carbonyl (C=O) groups excluding carboxylic acids is 1. The second-order valence-electron chi connectivity index (χ2n) is 10.2. The number of carbonyl (C=O) groups is 1. The number of nitrogens with one attached hydrogen (secondary N) is 3. The van der Waals surface area contributed by atoms with Gasteiger partial charge in [-0.25, -0.2) is 9.97 Å². The Balaban J connectivity index is 1.37. The van der Waals surface area contributed by atoms with Gasteiger partial charge < -0.3 is 16.0 Å². The van der Waals surface area contributed by atoms with E-state index < -0.39 is 0 Å². The van der Waals surface area contributed by atoms with Crippen LogP contribution in [0.15, 0.2) is 91.0 Å². The van der Waals surface area contributed by atoms with E-state index in [1.54, 1.807) is 12.1 Å². The van der Waals surface area contributed by atoms with Crippen LogP contribution < -0.4 is 16.0 Å². The van der Waals surface area contributed by atoms with Crippen molar-refractivity contribution >= 4 is 39.8 Å². The fourth-order valence-electron chi connectivity index (χ4n) is 4.45. The van der Waals surface area contributed by atoms with Gasteiger partial charge in [0.1, 0.15) is 0 Å². The molecule has 3 N–H and O–H groups in total. The molecule has 6 nitrogen and oxygen atoms in total. The lowest BCUT2D eigenvalue weighted by Crippen LogP contribution is -2.13. The van der Waals surface area contributed by atoms with Gasteiger partial charge >= 0.3 is 0 Å². The summed E-state index contributed by atoms with van der Waals surface area (Å²) in [5.74, 6) is 0.929. The molecule has 0 saturated heterocycles. The number of aryl methyl sites for hydroxylation is 2. The van der Waals surface area contributed by atoms with Crippen LogP contribution in [0.5, 0.6) is 0 Å². The van der Waals surface area contributed by atoms with Gasteiger partial charge in [-0.2, -0.15) is 0 Å². The van der Waals surface area contributed by atoms with Crippen molar-refractivity contribution < 1.29 is 4.79 Å². The first-order chi connectivity index (χ1) is 18.9. The molecule has 1 heterocycles. The Kier molecular flexibility index (Phi) is 7.55. The Labute approximate surface area is 229 Å². The molecule has 0 spiro atoms. The molecule has 196 valence electrons. The summed E-state index contributed by atoms with van der Waals surface area (Å²) in [5, 5.41) is 10.8. The Hall–Kier alpha value is -4.71. The summed E-state index contributed by atoms with van der Waals surface area (Å²) in [6, 6.07) is 29.7. The van der Waals surface area contributed by atoms with E-state index >= 15 is 0 Å². The van der Waals surface area contributed by atoms with E-state index in [1.165, 1.54) is 0 Å². The van der Waals surface area contributed by atoms with Gasteiger partial charge in [0.2, 0.25) is 5.95 Å². The molecule has 1 aromatic heterocycles. The van der Waals surface area contributed by atoms with Crippen molar-refractivity contribution in [1.82, 2.24) is 9.97 Å². The zero-order valence-corrected chi connectivity index (χ0v) is 22.7. The Morgan fingerprint density at radius 3 is 2.13 bits per heavy atom. The molecular formula is C33H33N5O. The Morgan fingerprint density at radius 1 is 0.769 bits per heavy atom. The summed E-state index contributed by atoms with van der Waals surface area (Å²) < 4.78 is 0. The van der Waals surface area contributed by atoms with Crippen LogP contribution in [0, 0.1) is 19.8 Å². The maximum atomic E-state index is 12.9. The predicted octanol–water partition coefficient (Wildman–Crippen LogP) is 7.98. The number of rotatable bonds is 8. The average Bonchev–Trinajstić information content (AvgIpc) is 2.94. The fourth-order valence-corrected chi connectivity index (χ4v) is 4.45. The number of hydrogen-bond acceptors (Lipinski definition) is 5. The summed E-state index contributed by atoms with van der Waals surface area (Å²) in [4.78, 5) is 22.5. The first-order valence-corrected chi connectivity index (χ1v) is 13.2. The van der Waals surface area contributed by atoms with Crippen LogP contribution in [-0.2, 0) is 0 Å². The number of amides is 1. The number of benzene rings is 4. The number of anilines is 4. The first kappa shape index (κ1) is 25.9. The Bertz CT molecular complexity index is 1590. The van der Waals surface area contributed by atoms with Gasteiger partial charge in [0.15, 0.2) is 0 Å². The van der Waals surface area contributed by atoms with Crippen LogP contribution in [0.4, 0.5) is 23.0 Å². The van der Waals surface area contributed by atoms with Crippen LogP contribution in [0.3, 0.4) is 0 Å². The molecule has 0 radical (unpaired) electrons. The summed E-state index contributed by atoms with van der Waals surface area (Å²) in [7, 11) is 0. The van der Waals surface area contributed by atoms with Crippen LogP contribution >= 0.6 is 0 Å². The van der Waals surface area contributed by atoms with Crippen molar-refractivity contribution in [2.75, 3.05) is 22.5 Å². The zero-order valence-electron chi connectivity index (χ0n) is 22.7. The molecule has 6 heteroatoms. The standard InChI is InChI=1S/C33H33N5O/c1-21(2)20-34-26-16-12-24(13-17-26)31-28-10-5-6-11-29(28)36-33(38-31)35-27-18-14-25(15-19-27)32(39)37-30-22(3)8-7-9-23(30)4/h5-19,21,34H,20H2,1-4H3,(H,37,39)(H,35,36,38). The largest absolute Gasteiger partial charge is 0.385 e. The van der Waals surface area contributed by atoms with Crippen molar-refractivity contribution in [3.05, 3.63) is 108 Å². The van der Waals surface area contributed by atoms with Crippen LogP contribution in [0.25, 0.3) is 22.2 Å². The van der Waals surface area contributed by atoms with E-state index in [4.69, 9.17) is 9.97 Å². The van der Waals surface area contributed by atoms with E-state index in [1.807, 2.05) is 68.4 Å². The highest BCUT2D eigenvalue weighted by atomic mass is 16.1. The van der Waals surface area contributed by atoms with Crippen LogP contribution in [0.2, 0.25) is 0 Å². The van der Waals surface area contributed by atoms with Crippen molar-refractivity contribution in [3.8, 4) is 11.3 Å². The van der Waals surface area contributed by atoms with Gasteiger partial charge in [0, 0.05) is 40.1 Å². The van der Waals surface area contributed by atoms with Crippen molar-refractivity contribution in [3.63, 3.8) is 0 Å². The highest BCUT2D eigenvalue weighted by molar-refractivity contribution is 6.05. The molecule has 0 bridgehead atoms. The molecule has 0 aliphatic rings. The van der Waals surface area contributed by atoms with E-state index in [9.17, 15) is 4.79 Å². The van der Waals surface area contributed by atoms with Crippen molar-refractivity contribution in [1.29, 1.82) is 0 Å². The van der Waals surface area contributed by atoms with Crippen molar-refractivity contribution in [2.45, 2.75) is 27.7 Å². The minimum Gasteiger partial charge on any atom is -0.385 e. The van der Waals surface area contributed by atoms with Gasteiger partial charge in [-0.3, -0.25) is 4.79 Å². The Morgan fingerprint density at radius 2 is 1.44 bits per heavy atom. The maximum Gasteiger partial charge on any atom is 0.255 e. The SMILES string of the molecule is Cc1cccc(C)c1NC(=O)c1ccc(Nc2nc(-c3ccc(NCC(C)C)cc3)c3ccccc3n2)cc1. The van der Waals surface area contributed by atoms with Crippen LogP contribution in [-0.4, -0.2) is 22.4 Å². The molecular weight excluding hydrogens is 482 g/mol. The molecule has 1 amide bonds. The van der Waals surface area contributed by atoms with Gasteiger partial charge in [0.05, 0.1) is 11.2 Å². The second-order valence-corrected chi connectivity index (χ2v) is 10.2. The summed E-state index contributed by atoms with van der Waals surface area (Å²) in [5.41, 5.74) is 8.13. The molecule has 0 unspecified atom stereocenters. The van der Waals surface area contributed by atoms with E-state index in [0.29, 0.717) is 17.4 Å². The monoisotopic (exact) mass is 515 g/mol. The molecule has 4 aromatic carbocycles. The van der Waals surface area contributed by atoms with Crippen molar-refractivity contribution in [2.24, 2.45) is 5.92 Å². The highest BCUT2D eigenvalue weighted by Gasteiger charge is 2.12. The number of nitrogens with zero attached hydrogens (tertiary/aromatic N) is 2. The third kappa shape index (κ3) is 6.07. The number of hydrogen-bond donors (Lipinski definition) is 3. The summed E-state index contributed by atoms with van der Waals surface area (Å²) >= 11 is 0. The average molecular weight is 516 g/mol. The summed E-state index contributed by atoms with van der Waals surface area (Å²) in [6.07, 6.45) is 0. The molecule has 0 fully saturated rings. The molecule has 5 aromatic rings. The fraction of sp³-hybridized carbons (Fsp3) is 0.182. The minimum atomic E-state index is -0.144. The third-order valence-electron chi connectivity index (χ3n) is 6.60. The first-order valence-electron chi connectivity index (χ1n) is 13.2. The van der Waals surface area contributed by atoms with E-state index in [0.717, 1.165) is 56.9 Å². The lowest BCUT2D eigenvalue weighted by atomic mass is 10.1. The predicted molar refractivity (Wildman–Crippen MR) is 162 cm³/mol. The highest BCUT2D eigenvalue weighted by Crippen LogP contribution is 2.29. The van der Waals surface area contributed by atoms with Crippen LogP contribution in [0.1, 0.15) is 35.3 Å². The number of aromatic nitrogens is 2. The maximum absolute atomic E-state index is 12.9. The topological polar surface area (TPSA) is 78.9 Å². The third-order valence-corrected chi connectivity index (χ3v) is 6.60. The molecule has 0 saturated carbocycles. The number of fused-ring (bicyclic) bond motifs is 1.